The van der Waals surface area contributed by atoms with Crippen LogP contribution in [0.4, 0.5) is 0 Å². The van der Waals surface area contributed by atoms with Gasteiger partial charge in [-0.05, 0) is 56.3 Å². The molecule has 0 aliphatic rings. The van der Waals surface area contributed by atoms with Gasteiger partial charge in [-0.15, -0.1) is 10.2 Å². The van der Waals surface area contributed by atoms with E-state index in [-0.39, 0.29) is 25.1 Å². The van der Waals surface area contributed by atoms with Gasteiger partial charge in [-0.25, -0.2) is 0 Å². The smallest absolute Gasteiger partial charge is 0.261 e. The maximum Gasteiger partial charge on any atom is 0.261 e. The van der Waals surface area contributed by atoms with E-state index < -0.39 is 0 Å². The maximum atomic E-state index is 12.7. The second-order valence-electron chi connectivity index (χ2n) is 6.49. The molecule has 0 aliphatic carbocycles. The third kappa shape index (κ3) is 5.63. The number of benzene rings is 2. The first-order chi connectivity index (χ1) is 13.8. The third-order valence-corrected chi connectivity index (χ3v) is 4.83. The number of ether oxygens (including phenoxy) is 1. The Morgan fingerprint density at radius 2 is 1.76 bits per heavy atom. The van der Waals surface area contributed by atoms with Crippen molar-refractivity contribution in [2.45, 2.75) is 26.4 Å². The summed E-state index contributed by atoms with van der Waals surface area (Å²) in [7, 11) is 0. The molecule has 2 aromatic carbocycles. The Hall–Kier alpha value is -2.28. The van der Waals surface area contributed by atoms with E-state index in [1.165, 1.54) is 0 Å². The van der Waals surface area contributed by atoms with Crippen molar-refractivity contribution < 1.29 is 13.9 Å². The van der Waals surface area contributed by atoms with Gasteiger partial charge in [-0.1, -0.05) is 34.8 Å². The van der Waals surface area contributed by atoms with Gasteiger partial charge in [0.1, 0.15) is 5.75 Å². The van der Waals surface area contributed by atoms with Crippen molar-refractivity contribution in [1.29, 1.82) is 0 Å². The Balaban J connectivity index is 1.66. The molecule has 0 saturated carbocycles. The molecule has 0 unspecified atom stereocenters. The van der Waals surface area contributed by atoms with Gasteiger partial charge >= 0.3 is 0 Å². The first-order valence-corrected chi connectivity index (χ1v) is 9.92. The first kappa shape index (κ1) is 21.4. The summed E-state index contributed by atoms with van der Waals surface area (Å²) in [5, 5.41) is 9.53. The lowest BCUT2D eigenvalue weighted by atomic mass is 10.2. The molecule has 1 aromatic heterocycles. The topological polar surface area (TPSA) is 68.5 Å². The van der Waals surface area contributed by atoms with Crippen LogP contribution in [0.2, 0.25) is 15.1 Å². The van der Waals surface area contributed by atoms with Gasteiger partial charge in [0.05, 0.1) is 11.6 Å². The highest BCUT2D eigenvalue weighted by Crippen LogP contribution is 2.27. The zero-order chi connectivity index (χ0) is 21.0. The monoisotopic (exact) mass is 453 g/mol. The molecule has 1 heterocycles. The predicted octanol–water partition coefficient (Wildman–Crippen LogP) is 5.51. The van der Waals surface area contributed by atoms with E-state index in [0.29, 0.717) is 32.6 Å². The lowest BCUT2D eigenvalue weighted by Gasteiger charge is -2.25. The van der Waals surface area contributed by atoms with Crippen LogP contribution in [-0.4, -0.2) is 33.7 Å². The number of hydrogen-bond acceptors (Lipinski definition) is 5. The van der Waals surface area contributed by atoms with Crippen molar-refractivity contribution in [1.82, 2.24) is 15.1 Å². The molecule has 3 aromatic rings. The molecule has 0 aliphatic heterocycles. The second-order valence-corrected chi connectivity index (χ2v) is 7.77. The van der Waals surface area contributed by atoms with Crippen LogP contribution < -0.4 is 4.74 Å². The fraction of sp³-hybridized carbons (Fsp3) is 0.250. The van der Waals surface area contributed by atoms with Gasteiger partial charge in [-0.3, -0.25) is 4.79 Å². The van der Waals surface area contributed by atoms with Crippen LogP contribution >= 0.6 is 34.8 Å². The summed E-state index contributed by atoms with van der Waals surface area (Å²) in [6, 6.07) is 11.8. The Bertz CT molecular complexity index is 990. The fourth-order valence-electron chi connectivity index (χ4n) is 2.55. The molecule has 0 radical (unpaired) electrons. The molecule has 9 heteroatoms. The van der Waals surface area contributed by atoms with Crippen LogP contribution in [0.15, 0.2) is 46.9 Å². The average molecular weight is 455 g/mol. The van der Waals surface area contributed by atoms with Crippen molar-refractivity contribution in [3.8, 4) is 17.2 Å². The summed E-state index contributed by atoms with van der Waals surface area (Å²) in [5.41, 5.74) is 0.747. The Labute approximate surface area is 183 Å². The first-order valence-electron chi connectivity index (χ1n) is 8.79. The van der Waals surface area contributed by atoms with Crippen LogP contribution in [0, 0.1) is 0 Å². The average Bonchev–Trinajstić information content (AvgIpc) is 3.14. The molecule has 0 fully saturated rings. The van der Waals surface area contributed by atoms with Gasteiger partial charge in [0.25, 0.3) is 5.91 Å². The predicted molar refractivity (Wildman–Crippen MR) is 112 cm³/mol. The standard InChI is InChI=1S/C20H18Cl3N3O3/c1-12(2)26(19(27)11-28-17-8-7-15(22)9-16(17)23)10-18-24-25-20(29-18)13-3-5-14(21)6-4-13/h3-9,12H,10-11H2,1-2H3. The lowest BCUT2D eigenvalue weighted by Crippen LogP contribution is -2.39. The van der Waals surface area contributed by atoms with E-state index in [1.54, 1.807) is 47.4 Å². The van der Waals surface area contributed by atoms with E-state index in [1.807, 2.05) is 13.8 Å². The van der Waals surface area contributed by atoms with Gasteiger partial charge in [0.2, 0.25) is 11.8 Å². The third-order valence-electron chi connectivity index (χ3n) is 4.05. The van der Waals surface area contributed by atoms with Crippen LogP contribution in [0.1, 0.15) is 19.7 Å². The van der Waals surface area contributed by atoms with Gasteiger partial charge < -0.3 is 14.1 Å². The van der Waals surface area contributed by atoms with Crippen molar-refractivity contribution in [2.24, 2.45) is 0 Å². The summed E-state index contributed by atoms with van der Waals surface area (Å²) in [6.07, 6.45) is 0. The van der Waals surface area contributed by atoms with E-state index in [2.05, 4.69) is 10.2 Å². The summed E-state index contributed by atoms with van der Waals surface area (Å²) < 4.78 is 11.2. The summed E-state index contributed by atoms with van der Waals surface area (Å²) in [4.78, 5) is 14.3. The highest BCUT2D eigenvalue weighted by atomic mass is 35.5. The quantitative estimate of drug-likeness (QED) is 0.470. The number of amides is 1. The molecule has 6 nitrogen and oxygen atoms in total. The van der Waals surface area contributed by atoms with Crippen molar-refractivity contribution >= 4 is 40.7 Å². The molecule has 0 atom stereocenters. The van der Waals surface area contributed by atoms with Crippen LogP contribution in [0.25, 0.3) is 11.5 Å². The molecule has 152 valence electrons. The van der Waals surface area contributed by atoms with Crippen molar-refractivity contribution in [2.75, 3.05) is 6.61 Å². The minimum Gasteiger partial charge on any atom is -0.482 e. The number of nitrogens with zero attached hydrogens (tertiary/aromatic N) is 3. The summed E-state index contributed by atoms with van der Waals surface area (Å²) in [5.74, 6) is 0.826. The molecular weight excluding hydrogens is 437 g/mol. The highest BCUT2D eigenvalue weighted by molar-refractivity contribution is 6.35. The number of carbonyl (C=O) groups is 1. The maximum absolute atomic E-state index is 12.7. The molecule has 3 rings (SSSR count). The number of hydrogen-bond donors (Lipinski definition) is 0. The van der Waals surface area contributed by atoms with Crippen LogP contribution in [0.5, 0.6) is 5.75 Å². The Morgan fingerprint density at radius 3 is 2.41 bits per heavy atom. The zero-order valence-corrected chi connectivity index (χ0v) is 18.0. The minimum absolute atomic E-state index is 0.0994. The minimum atomic E-state index is -0.239. The van der Waals surface area contributed by atoms with Crippen LogP contribution in [-0.2, 0) is 11.3 Å². The summed E-state index contributed by atoms with van der Waals surface area (Å²) in [6.45, 7) is 3.76. The Kier molecular flexibility index (Phi) is 7.00. The molecule has 0 bridgehead atoms. The number of halogens is 3. The molecule has 0 saturated heterocycles. The van der Waals surface area contributed by atoms with E-state index in [4.69, 9.17) is 44.0 Å². The summed E-state index contributed by atoms with van der Waals surface area (Å²) >= 11 is 17.8. The largest absolute Gasteiger partial charge is 0.482 e. The van der Waals surface area contributed by atoms with Gasteiger partial charge in [-0.2, -0.15) is 0 Å². The second kappa shape index (κ2) is 9.48. The van der Waals surface area contributed by atoms with Crippen molar-refractivity contribution in [3.63, 3.8) is 0 Å². The fourth-order valence-corrected chi connectivity index (χ4v) is 3.13. The van der Waals surface area contributed by atoms with E-state index >= 15 is 0 Å². The van der Waals surface area contributed by atoms with Crippen molar-refractivity contribution in [3.05, 3.63) is 63.4 Å². The molecule has 1 amide bonds. The molecular formula is C20H18Cl3N3O3. The normalized spacial score (nSPS) is 11.0. The molecule has 0 N–H and O–H groups in total. The van der Waals surface area contributed by atoms with Gasteiger partial charge in [0.15, 0.2) is 6.61 Å². The number of aromatic nitrogens is 2. The highest BCUT2D eigenvalue weighted by Gasteiger charge is 2.21. The number of carbonyl (C=O) groups excluding carboxylic acids is 1. The van der Waals surface area contributed by atoms with Crippen LogP contribution in [0.3, 0.4) is 0 Å². The Morgan fingerprint density at radius 1 is 1.07 bits per heavy atom. The molecule has 0 spiro atoms. The SMILES string of the molecule is CC(C)N(Cc1nnc(-c2ccc(Cl)cc2)o1)C(=O)COc1ccc(Cl)cc1Cl. The van der Waals surface area contributed by atoms with E-state index in [9.17, 15) is 4.79 Å². The van der Waals surface area contributed by atoms with Gasteiger partial charge in [0, 0.05) is 21.7 Å². The number of rotatable bonds is 7. The zero-order valence-electron chi connectivity index (χ0n) is 15.7. The lowest BCUT2D eigenvalue weighted by molar-refractivity contribution is -0.136. The van der Waals surface area contributed by atoms with E-state index in [0.717, 1.165) is 5.56 Å². The molecule has 29 heavy (non-hydrogen) atoms.